The number of halogens is 1. The van der Waals surface area contributed by atoms with Crippen LogP contribution in [0.25, 0.3) is 0 Å². The van der Waals surface area contributed by atoms with Gasteiger partial charge in [-0.25, -0.2) is 14.8 Å². The van der Waals surface area contributed by atoms with Crippen molar-refractivity contribution in [3.63, 3.8) is 0 Å². The summed E-state index contributed by atoms with van der Waals surface area (Å²) in [5.41, 5.74) is 7.34. The van der Waals surface area contributed by atoms with Crippen molar-refractivity contribution in [2.75, 3.05) is 19.5 Å². The zero-order chi connectivity index (χ0) is 31.2. The summed E-state index contributed by atoms with van der Waals surface area (Å²) in [5.74, 6) is -1.66. The molecular weight excluding hydrogens is 571 g/mol. The molecule has 7 atom stereocenters. The number of aliphatic imine (C=N–C) groups is 1. The average molecular weight is 609 g/mol. The molecule has 2 saturated carbocycles. The Morgan fingerprint density at radius 3 is 2.79 bits per heavy atom. The largest absolute Gasteiger partial charge is 0.448 e. The van der Waals surface area contributed by atoms with Crippen molar-refractivity contribution in [3.05, 3.63) is 59.3 Å². The highest BCUT2D eigenvalue weighted by Gasteiger charge is 2.70. The zero-order valence-corrected chi connectivity index (χ0v) is 25.6. The van der Waals surface area contributed by atoms with Gasteiger partial charge in [-0.2, -0.15) is 9.65 Å². The van der Waals surface area contributed by atoms with Crippen LogP contribution in [0.3, 0.4) is 0 Å². The highest BCUT2D eigenvalue weighted by Crippen LogP contribution is 2.68. The van der Waals surface area contributed by atoms with Gasteiger partial charge in [-0.3, -0.25) is 4.79 Å². The van der Waals surface area contributed by atoms with E-state index in [1.807, 2.05) is 26.0 Å². The van der Waals surface area contributed by atoms with E-state index in [0.29, 0.717) is 30.7 Å². The normalized spacial score (nSPS) is 36.6. The highest BCUT2D eigenvalue weighted by molar-refractivity contribution is 8.14. The van der Waals surface area contributed by atoms with Gasteiger partial charge in [-0.15, -0.1) is 0 Å². The van der Waals surface area contributed by atoms with Gasteiger partial charge in [0.25, 0.3) is 0 Å². The van der Waals surface area contributed by atoms with Crippen molar-refractivity contribution >= 4 is 34.2 Å². The third-order valence-corrected chi connectivity index (χ3v) is 11.0. The molecule has 2 unspecified atom stereocenters. The van der Waals surface area contributed by atoms with Gasteiger partial charge in [0.05, 0.1) is 35.5 Å². The first-order valence-corrected chi connectivity index (χ1v) is 15.4. The maximum Gasteiger partial charge on any atom is 0.333 e. The second-order valence-corrected chi connectivity index (χ2v) is 13.4. The monoisotopic (exact) mass is 608 g/mol. The molecule has 0 radical (unpaired) electrons. The molecule has 1 heterocycles. The number of carbonyl (C=O) groups is 2. The number of aliphatic hydroxyl groups excluding tert-OH is 1. The van der Waals surface area contributed by atoms with Crippen molar-refractivity contribution < 1.29 is 28.6 Å². The zero-order valence-electron chi connectivity index (χ0n) is 24.8. The average Bonchev–Trinajstić information content (AvgIpc) is 3.25. The van der Waals surface area contributed by atoms with E-state index in [9.17, 15) is 24.3 Å². The van der Waals surface area contributed by atoms with E-state index in [4.69, 9.17) is 20.2 Å². The number of pyridine rings is 1. The predicted molar refractivity (Wildman–Crippen MR) is 160 cm³/mol. The SMILES string of the molecule is COCC(=O)O[C@]1(C(=O)SCC#N)CCC2[C@@H]3C=C(C)C4=CC(=Nc5ccc(F)nc5)C(=CN)C[C@]4(C)C3[C@@H](O)C[C@@]21C. The van der Waals surface area contributed by atoms with Crippen LogP contribution in [0.1, 0.15) is 46.5 Å². The van der Waals surface area contributed by atoms with Gasteiger partial charge < -0.3 is 20.3 Å². The van der Waals surface area contributed by atoms with Gasteiger partial charge in [-0.05, 0) is 80.0 Å². The summed E-state index contributed by atoms with van der Waals surface area (Å²) in [4.78, 5) is 35.0. The number of hydrogen-bond donors (Lipinski definition) is 2. The van der Waals surface area contributed by atoms with E-state index in [-0.39, 0.29) is 41.6 Å². The number of thioether (sulfide) groups is 1. The molecule has 11 heteroatoms. The Morgan fingerprint density at radius 1 is 1.37 bits per heavy atom. The van der Waals surface area contributed by atoms with Crippen LogP contribution < -0.4 is 5.73 Å². The van der Waals surface area contributed by atoms with Crippen molar-refractivity contribution in [2.24, 2.45) is 39.3 Å². The quantitative estimate of drug-likeness (QED) is 0.350. The number of esters is 1. The van der Waals surface area contributed by atoms with Crippen LogP contribution in [0.4, 0.5) is 10.1 Å². The van der Waals surface area contributed by atoms with E-state index >= 15 is 0 Å². The van der Waals surface area contributed by atoms with E-state index in [0.717, 1.165) is 28.5 Å². The fourth-order valence-corrected chi connectivity index (χ4v) is 9.28. The third kappa shape index (κ3) is 5.03. The maximum absolute atomic E-state index is 13.8. The lowest BCUT2D eigenvalue weighted by molar-refractivity contribution is -0.194. The van der Waals surface area contributed by atoms with Crippen LogP contribution >= 0.6 is 11.8 Å². The fourth-order valence-electron chi connectivity index (χ4n) is 8.47. The molecule has 9 nitrogen and oxygen atoms in total. The molecule has 1 aromatic rings. The number of carbonyl (C=O) groups excluding carboxylic acids is 2. The molecule has 4 aliphatic rings. The molecule has 4 aliphatic carbocycles. The number of allylic oxidation sites excluding steroid dienone is 5. The van der Waals surface area contributed by atoms with Crippen molar-refractivity contribution in [1.82, 2.24) is 4.98 Å². The number of aliphatic hydroxyl groups is 1. The molecule has 0 aliphatic heterocycles. The summed E-state index contributed by atoms with van der Waals surface area (Å²) in [6, 6.07) is 4.81. The minimum atomic E-state index is -1.49. The Balaban J connectivity index is 1.58. The molecule has 0 aromatic carbocycles. The Kier molecular flexibility index (Phi) is 8.42. The minimum Gasteiger partial charge on any atom is -0.448 e. The molecule has 228 valence electrons. The fraction of sp³-hybridized carbons (Fsp3) is 0.531. The number of rotatable bonds is 6. The van der Waals surface area contributed by atoms with E-state index in [1.165, 1.54) is 25.6 Å². The van der Waals surface area contributed by atoms with Crippen LogP contribution in [0.15, 0.2) is 58.4 Å². The second-order valence-electron chi connectivity index (χ2n) is 12.4. The minimum absolute atomic E-state index is 0.0604. The molecule has 0 amide bonds. The van der Waals surface area contributed by atoms with Gasteiger partial charge >= 0.3 is 5.97 Å². The standard InChI is InChI=1S/C32H37FN4O5S/c1-18-11-21-22-7-8-32(29(40)43-10-9-34,42-27(39)17-41-4)31(22,3)14-25(38)28(21)30(2)13-19(15-35)24(12-23(18)30)37-20-5-6-26(33)36-16-20/h5-6,11-12,15-16,21-22,25,28,38H,7-8,10,13-14,17,35H2,1-4H3/t21-,22?,25-,28?,30-,31-,32-/m0/s1. The summed E-state index contributed by atoms with van der Waals surface area (Å²) < 4.78 is 24.4. The van der Waals surface area contributed by atoms with Gasteiger partial charge in [0, 0.05) is 23.9 Å². The van der Waals surface area contributed by atoms with E-state index < -0.39 is 34.5 Å². The first-order chi connectivity index (χ1) is 20.4. The van der Waals surface area contributed by atoms with Crippen molar-refractivity contribution in [2.45, 2.75) is 58.2 Å². The molecule has 2 fully saturated rings. The van der Waals surface area contributed by atoms with Crippen LogP contribution in [0.2, 0.25) is 0 Å². The van der Waals surface area contributed by atoms with Crippen LogP contribution in [-0.2, 0) is 19.1 Å². The summed E-state index contributed by atoms with van der Waals surface area (Å²) in [7, 11) is 1.39. The Hall–Kier alpha value is -3.33. The Morgan fingerprint density at radius 2 is 2.14 bits per heavy atom. The smallest absolute Gasteiger partial charge is 0.333 e. The maximum atomic E-state index is 13.8. The van der Waals surface area contributed by atoms with Gasteiger partial charge in [-0.1, -0.05) is 37.3 Å². The Bertz CT molecular complexity index is 1480. The molecule has 3 N–H and O–H groups in total. The number of hydrogen-bond acceptors (Lipinski definition) is 10. The number of nitriles is 1. The lowest BCUT2D eigenvalue weighted by Gasteiger charge is -2.59. The molecule has 0 bridgehead atoms. The first kappa shape index (κ1) is 31.1. The molecule has 43 heavy (non-hydrogen) atoms. The molecule has 1 aromatic heterocycles. The number of nitrogens with zero attached hydrogens (tertiary/aromatic N) is 3. The van der Waals surface area contributed by atoms with Crippen LogP contribution in [0.5, 0.6) is 0 Å². The summed E-state index contributed by atoms with van der Waals surface area (Å²) in [6.45, 7) is 5.83. The summed E-state index contributed by atoms with van der Waals surface area (Å²) in [5, 5.41) is 20.8. The molecule has 0 spiro atoms. The Labute approximate surface area is 255 Å². The lowest BCUT2D eigenvalue weighted by Crippen LogP contribution is -2.62. The predicted octanol–water partition coefficient (Wildman–Crippen LogP) is 4.56. The number of fused-ring (bicyclic) bond motifs is 5. The molecule has 0 saturated heterocycles. The first-order valence-electron chi connectivity index (χ1n) is 14.4. The van der Waals surface area contributed by atoms with E-state index in [2.05, 4.69) is 18.0 Å². The summed E-state index contributed by atoms with van der Waals surface area (Å²) >= 11 is 0.856. The third-order valence-electron chi connectivity index (χ3n) is 10.2. The van der Waals surface area contributed by atoms with E-state index in [1.54, 1.807) is 6.07 Å². The number of methoxy groups -OCH3 is 1. The molecular formula is C32H37FN4O5S. The number of aromatic nitrogens is 1. The van der Waals surface area contributed by atoms with Crippen molar-refractivity contribution in [3.8, 4) is 6.07 Å². The molecule has 5 rings (SSSR count). The van der Waals surface area contributed by atoms with Gasteiger partial charge in [0.1, 0.15) is 6.61 Å². The van der Waals surface area contributed by atoms with Crippen LogP contribution in [-0.4, -0.2) is 58.1 Å². The second kappa shape index (κ2) is 11.6. The highest BCUT2D eigenvalue weighted by atomic mass is 32.2. The lowest BCUT2D eigenvalue weighted by atomic mass is 9.46. The van der Waals surface area contributed by atoms with Crippen molar-refractivity contribution in [1.29, 1.82) is 5.26 Å². The van der Waals surface area contributed by atoms with Gasteiger partial charge in [0.2, 0.25) is 11.1 Å². The topological polar surface area (TPSA) is 148 Å². The van der Waals surface area contributed by atoms with Crippen LogP contribution in [0, 0.1) is 45.9 Å². The summed E-state index contributed by atoms with van der Waals surface area (Å²) in [6.07, 6.45) is 7.98. The number of nitrogens with two attached hydrogens (primary N) is 1. The number of ether oxygens (including phenoxy) is 2. The van der Waals surface area contributed by atoms with Gasteiger partial charge in [0.15, 0.2) is 5.60 Å².